The lowest BCUT2D eigenvalue weighted by Crippen LogP contribution is -2.53. The van der Waals surface area contributed by atoms with E-state index in [2.05, 4.69) is 56.0 Å². The average Bonchev–Trinajstić information content (AvgIpc) is 2.58. The maximum absolute atomic E-state index is 13.5. The van der Waals surface area contributed by atoms with Crippen LogP contribution in [-0.4, -0.2) is 37.9 Å². The first-order valence-corrected chi connectivity index (χ1v) is 12.8. The van der Waals surface area contributed by atoms with Crippen molar-refractivity contribution in [1.29, 1.82) is 0 Å². The molecule has 0 aromatic heterocycles. The number of hydrogen-bond donors (Lipinski definition) is 3. The lowest BCUT2D eigenvalue weighted by Gasteiger charge is -2.31. The van der Waals surface area contributed by atoms with E-state index in [0.717, 1.165) is 0 Å². The molecule has 1 aromatic carbocycles. The van der Waals surface area contributed by atoms with Crippen molar-refractivity contribution in [2.75, 3.05) is 0 Å². The van der Waals surface area contributed by atoms with Crippen molar-refractivity contribution >= 4 is 25.8 Å². The molecule has 2 atom stereocenters. The van der Waals surface area contributed by atoms with Gasteiger partial charge in [0.25, 0.3) is 0 Å². The molecule has 0 fully saturated rings. The second kappa shape index (κ2) is 10.4. The second-order valence-corrected chi connectivity index (χ2v) is 13.9. The number of halogens is 1. The Morgan fingerprint density at radius 1 is 1.17 bits per heavy atom. The second-order valence-electron chi connectivity index (χ2n) is 8.93. The van der Waals surface area contributed by atoms with Gasteiger partial charge in [-0.1, -0.05) is 46.0 Å². The Bertz CT molecular complexity index is 853. The molecule has 0 radical (unpaired) electrons. The molecule has 4 N–H and O–H groups in total. The molecule has 0 bridgehead atoms. The number of benzene rings is 1. The fraction of sp³-hybridized carbons (Fsp3) is 0.500. The number of carbonyl (C=O) groups is 3. The van der Waals surface area contributed by atoms with Crippen LogP contribution < -0.4 is 16.4 Å². The summed E-state index contributed by atoms with van der Waals surface area (Å²) >= 11 is 0. The van der Waals surface area contributed by atoms with E-state index in [0.29, 0.717) is 5.56 Å². The Hall–Kier alpha value is -2.66. The van der Waals surface area contributed by atoms with E-state index in [1.165, 1.54) is 25.1 Å². The van der Waals surface area contributed by atoms with Crippen molar-refractivity contribution in [2.45, 2.75) is 70.8 Å². The number of amides is 3. The highest BCUT2D eigenvalue weighted by atomic mass is 28.3. The zero-order valence-corrected chi connectivity index (χ0v) is 19.6. The lowest BCUT2D eigenvalue weighted by molar-refractivity contribution is -0.130. The molecule has 0 spiro atoms. The first-order chi connectivity index (χ1) is 13.7. The fourth-order valence-corrected chi connectivity index (χ4v) is 3.33. The van der Waals surface area contributed by atoms with E-state index in [1.807, 2.05) is 0 Å². The van der Waals surface area contributed by atoms with Crippen LogP contribution in [0.25, 0.3) is 0 Å². The van der Waals surface area contributed by atoms with Crippen LogP contribution in [0.15, 0.2) is 24.3 Å². The van der Waals surface area contributed by atoms with Gasteiger partial charge >= 0.3 is 0 Å². The van der Waals surface area contributed by atoms with E-state index in [4.69, 9.17) is 5.73 Å². The van der Waals surface area contributed by atoms with Gasteiger partial charge in [-0.15, -0.1) is 11.5 Å². The number of nitrogens with one attached hydrogen (secondary N) is 2. The molecule has 0 heterocycles. The van der Waals surface area contributed by atoms with E-state index in [9.17, 15) is 18.8 Å². The van der Waals surface area contributed by atoms with Gasteiger partial charge in [-0.2, -0.15) is 0 Å². The normalized spacial score (nSPS) is 13.4. The van der Waals surface area contributed by atoms with Crippen LogP contribution in [0.3, 0.4) is 0 Å². The van der Waals surface area contributed by atoms with Gasteiger partial charge < -0.3 is 16.4 Å². The Kier molecular flexibility index (Phi) is 8.79. The van der Waals surface area contributed by atoms with Gasteiger partial charge in [-0.3, -0.25) is 14.4 Å². The van der Waals surface area contributed by atoms with Crippen LogP contribution in [-0.2, 0) is 20.8 Å². The molecule has 6 nitrogen and oxygen atoms in total. The van der Waals surface area contributed by atoms with Crippen molar-refractivity contribution < 1.29 is 18.8 Å². The zero-order chi connectivity index (χ0) is 23.1. The molecule has 164 valence electrons. The van der Waals surface area contributed by atoms with Crippen molar-refractivity contribution in [3.8, 4) is 11.5 Å². The molecule has 0 saturated heterocycles. The number of primary amides is 1. The van der Waals surface area contributed by atoms with E-state index in [-0.39, 0.29) is 17.9 Å². The summed E-state index contributed by atoms with van der Waals surface area (Å²) < 4.78 is 13.5. The maximum atomic E-state index is 13.5. The van der Waals surface area contributed by atoms with Crippen molar-refractivity contribution in [3.63, 3.8) is 0 Å². The van der Waals surface area contributed by atoms with Gasteiger partial charge in [-0.05, 0) is 22.7 Å². The predicted molar refractivity (Wildman–Crippen MR) is 118 cm³/mol. The fourth-order valence-electron chi connectivity index (χ4n) is 2.41. The predicted octanol–water partition coefficient (Wildman–Crippen LogP) is 2.28. The molecule has 0 aliphatic heterocycles. The largest absolute Gasteiger partial charge is 0.368 e. The smallest absolute Gasteiger partial charge is 0.243 e. The van der Waals surface area contributed by atoms with Gasteiger partial charge in [0.15, 0.2) is 0 Å². The molecule has 0 aliphatic rings. The summed E-state index contributed by atoms with van der Waals surface area (Å²) in [5.74, 6) is 0.874. The monoisotopic (exact) mass is 433 g/mol. The van der Waals surface area contributed by atoms with Gasteiger partial charge in [-0.25, -0.2) is 4.39 Å². The summed E-state index contributed by atoms with van der Waals surface area (Å²) in [7, 11) is -1.86. The number of carbonyl (C=O) groups excluding carboxylic acids is 3. The summed E-state index contributed by atoms with van der Waals surface area (Å²) in [6.07, 6.45) is 0.157. The van der Waals surface area contributed by atoms with Gasteiger partial charge in [0.05, 0.1) is 0 Å². The van der Waals surface area contributed by atoms with Crippen LogP contribution in [0.5, 0.6) is 0 Å². The standard InChI is InChI=1S/C22H32FN3O3Si/c1-15(27)25-19(14-16-9-7-10-17(23)13-16)21(29)26-18(20(24)28)11-8-12-30(5,6)22(2,3)4/h7,9-10,13,18-19H,11,14H2,1-6H3,(H2,24,28)(H,25,27)(H,26,29)/t18-,19-/m1/s1. The Morgan fingerprint density at radius 3 is 2.30 bits per heavy atom. The van der Waals surface area contributed by atoms with Crippen molar-refractivity contribution in [1.82, 2.24) is 10.6 Å². The van der Waals surface area contributed by atoms with E-state index in [1.54, 1.807) is 6.07 Å². The quantitative estimate of drug-likeness (QED) is 0.454. The SMILES string of the molecule is CC(=O)N[C@H](Cc1cccc(F)c1)C(=O)N[C@H](CC#C[Si](C)(C)C(C)(C)C)C(N)=O. The third-order valence-corrected chi connectivity index (χ3v) is 9.82. The van der Waals surface area contributed by atoms with Crippen LogP contribution in [0, 0.1) is 17.3 Å². The minimum Gasteiger partial charge on any atom is -0.368 e. The molecule has 0 unspecified atom stereocenters. The summed E-state index contributed by atoms with van der Waals surface area (Å²) in [6.45, 7) is 12.0. The average molecular weight is 434 g/mol. The topological polar surface area (TPSA) is 101 Å². The van der Waals surface area contributed by atoms with Crippen molar-refractivity contribution in [3.05, 3.63) is 35.6 Å². The Labute approximate surface area is 179 Å². The summed E-state index contributed by atoms with van der Waals surface area (Å²) in [4.78, 5) is 36.1. The molecule has 1 aromatic rings. The van der Waals surface area contributed by atoms with Crippen LogP contribution >= 0.6 is 0 Å². The third kappa shape index (κ3) is 7.99. The van der Waals surface area contributed by atoms with E-state index < -0.39 is 43.7 Å². The van der Waals surface area contributed by atoms with Gasteiger partial charge in [0.1, 0.15) is 26.0 Å². The highest BCUT2D eigenvalue weighted by Crippen LogP contribution is 2.35. The van der Waals surface area contributed by atoms with Crippen LogP contribution in [0.1, 0.15) is 39.7 Å². The maximum Gasteiger partial charge on any atom is 0.243 e. The minimum atomic E-state index is -1.86. The minimum absolute atomic E-state index is 0.0624. The Balaban J connectivity index is 2.95. The highest BCUT2D eigenvalue weighted by molar-refractivity contribution is 6.87. The molecule has 8 heteroatoms. The summed E-state index contributed by atoms with van der Waals surface area (Å²) in [6, 6.07) is 3.80. The highest BCUT2D eigenvalue weighted by Gasteiger charge is 2.33. The zero-order valence-electron chi connectivity index (χ0n) is 18.6. The first kappa shape index (κ1) is 25.4. The van der Waals surface area contributed by atoms with Crippen LogP contribution in [0.2, 0.25) is 18.1 Å². The van der Waals surface area contributed by atoms with Crippen molar-refractivity contribution in [2.24, 2.45) is 5.73 Å². The van der Waals surface area contributed by atoms with Crippen LogP contribution in [0.4, 0.5) is 4.39 Å². The third-order valence-electron chi connectivity index (χ3n) is 5.26. The van der Waals surface area contributed by atoms with Gasteiger partial charge in [0.2, 0.25) is 17.7 Å². The molecular formula is C22H32FN3O3Si. The molecular weight excluding hydrogens is 401 g/mol. The molecule has 30 heavy (non-hydrogen) atoms. The Morgan fingerprint density at radius 2 is 1.80 bits per heavy atom. The molecule has 0 aliphatic carbocycles. The molecule has 3 amide bonds. The molecule has 1 rings (SSSR count). The summed E-state index contributed by atoms with van der Waals surface area (Å²) in [5.41, 5.74) is 9.27. The van der Waals surface area contributed by atoms with Gasteiger partial charge in [0, 0.05) is 19.8 Å². The number of nitrogens with two attached hydrogens (primary N) is 1. The number of hydrogen-bond acceptors (Lipinski definition) is 3. The number of rotatable bonds is 7. The molecule has 0 saturated carbocycles. The summed E-state index contributed by atoms with van der Waals surface area (Å²) in [5, 5.41) is 5.17. The van der Waals surface area contributed by atoms with E-state index >= 15 is 0 Å². The lowest BCUT2D eigenvalue weighted by atomic mass is 10.0. The first-order valence-electron chi connectivity index (χ1n) is 9.84.